The Hall–Kier alpha value is -2.80. The minimum absolute atomic E-state index is 0.0950. The summed E-state index contributed by atoms with van der Waals surface area (Å²) in [7, 11) is 0. The van der Waals surface area contributed by atoms with Crippen molar-refractivity contribution in [3.63, 3.8) is 0 Å². The first kappa shape index (κ1) is 14.6. The Kier molecular flexibility index (Phi) is 4.57. The molecule has 2 rings (SSSR count). The summed E-state index contributed by atoms with van der Waals surface area (Å²) in [5.41, 5.74) is 3.45. The molecule has 0 spiro atoms. The fourth-order valence-electron chi connectivity index (χ4n) is 1.88. The van der Waals surface area contributed by atoms with Crippen molar-refractivity contribution in [1.82, 2.24) is 0 Å². The number of benzene rings is 2. The lowest BCUT2D eigenvalue weighted by Crippen LogP contribution is -2.20. The van der Waals surface area contributed by atoms with E-state index in [0.717, 1.165) is 16.8 Å². The Labute approximate surface area is 124 Å². The van der Waals surface area contributed by atoms with Crippen LogP contribution in [0.1, 0.15) is 16.7 Å². The SMILES string of the molecule is Cc1cccc(NC(=O)COc2cccc(C#N)c2)c1C. The molecule has 0 aliphatic carbocycles. The number of carbonyl (C=O) groups is 1. The lowest BCUT2D eigenvalue weighted by atomic mass is 10.1. The van der Waals surface area contributed by atoms with Crippen LogP contribution in [0.25, 0.3) is 0 Å². The van der Waals surface area contributed by atoms with Crippen LogP contribution in [-0.2, 0) is 4.79 Å². The van der Waals surface area contributed by atoms with Gasteiger partial charge >= 0.3 is 0 Å². The van der Waals surface area contributed by atoms with E-state index in [2.05, 4.69) is 5.32 Å². The molecular formula is C17H16N2O2. The molecule has 0 bridgehead atoms. The van der Waals surface area contributed by atoms with E-state index in [-0.39, 0.29) is 12.5 Å². The molecule has 0 saturated heterocycles. The highest BCUT2D eigenvalue weighted by molar-refractivity contribution is 5.92. The number of aryl methyl sites for hydroxylation is 1. The Bertz CT molecular complexity index is 702. The van der Waals surface area contributed by atoms with Crippen molar-refractivity contribution >= 4 is 11.6 Å². The summed E-state index contributed by atoms with van der Waals surface area (Å²) in [6.45, 7) is 3.86. The zero-order valence-electron chi connectivity index (χ0n) is 12.0. The van der Waals surface area contributed by atoms with E-state index >= 15 is 0 Å². The van der Waals surface area contributed by atoms with Crippen LogP contribution in [0.2, 0.25) is 0 Å². The van der Waals surface area contributed by atoms with E-state index in [1.165, 1.54) is 0 Å². The molecule has 0 aromatic heterocycles. The summed E-state index contributed by atoms with van der Waals surface area (Å²) in [5.74, 6) is 0.274. The second kappa shape index (κ2) is 6.58. The summed E-state index contributed by atoms with van der Waals surface area (Å²) in [4.78, 5) is 11.9. The standard InChI is InChI=1S/C17H16N2O2/c1-12-5-3-8-16(13(12)2)19-17(20)11-21-15-7-4-6-14(9-15)10-18/h3-9H,11H2,1-2H3,(H,19,20). The average Bonchev–Trinajstić information content (AvgIpc) is 2.50. The molecule has 0 unspecified atom stereocenters. The number of amides is 1. The number of nitriles is 1. The van der Waals surface area contributed by atoms with Gasteiger partial charge in [-0.3, -0.25) is 4.79 Å². The summed E-state index contributed by atoms with van der Waals surface area (Å²) >= 11 is 0. The third-order valence-corrected chi connectivity index (χ3v) is 3.21. The van der Waals surface area contributed by atoms with E-state index < -0.39 is 0 Å². The van der Waals surface area contributed by atoms with E-state index in [9.17, 15) is 4.79 Å². The van der Waals surface area contributed by atoms with Crippen molar-refractivity contribution in [3.05, 3.63) is 59.2 Å². The molecule has 0 saturated carbocycles. The molecule has 21 heavy (non-hydrogen) atoms. The van der Waals surface area contributed by atoms with Gasteiger partial charge in [0.15, 0.2) is 6.61 Å². The molecule has 0 aliphatic rings. The monoisotopic (exact) mass is 280 g/mol. The maximum atomic E-state index is 11.9. The van der Waals surface area contributed by atoms with Crippen molar-refractivity contribution in [3.8, 4) is 11.8 Å². The van der Waals surface area contributed by atoms with Crippen molar-refractivity contribution in [2.45, 2.75) is 13.8 Å². The molecule has 2 aromatic carbocycles. The summed E-state index contributed by atoms with van der Waals surface area (Å²) in [6, 6.07) is 14.5. The quantitative estimate of drug-likeness (QED) is 0.935. The van der Waals surface area contributed by atoms with Gasteiger partial charge in [-0.2, -0.15) is 5.26 Å². The van der Waals surface area contributed by atoms with E-state index in [4.69, 9.17) is 10.00 Å². The Morgan fingerprint density at radius 2 is 2.00 bits per heavy atom. The second-order valence-corrected chi connectivity index (χ2v) is 4.72. The average molecular weight is 280 g/mol. The van der Waals surface area contributed by atoms with Crippen LogP contribution in [0.4, 0.5) is 5.69 Å². The predicted octanol–water partition coefficient (Wildman–Crippen LogP) is 3.19. The number of ether oxygens (including phenoxy) is 1. The predicted molar refractivity (Wildman–Crippen MR) is 81.2 cm³/mol. The normalized spacial score (nSPS) is 9.76. The van der Waals surface area contributed by atoms with Crippen LogP contribution < -0.4 is 10.1 Å². The van der Waals surface area contributed by atoms with E-state index in [1.807, 2.05) is 38.1 Å². The molecule has 0 fully saturated rings. The van der Waals surface area contributed by atoms with E-state index in [0.29, 0.717) is 11.3 Å². The second-order valence-electron chi connectivity index (χ2n) is 4.72. The number of hydrogen-bond donors (Lipinski definition) is 1. The lowest BCUT2D eigenvalue weighted by molar-refractivity contribution is -0.118. The highest BCUT2D eigenvalue weighted by Crippen LogP contribution is 2.18. The van der Waals surface area contributed by atoms with Gasteiger partial charge in [-0.25, -0.2) is 0 Å². The molecule has 4 nitrogen and oxygen atoms in total. The third kappa shape index (κ3) is 3.83. The minimum Gasteiger partial charge on any atom is -0.484 e. The summed E-state index contributed by atoms with van der Waals surface area (Å²) in [6.07, 6.45) is 0. The van der Waals surface area contributed by atoms with Gasteiger partial charge in [-0.15, -0.1) is 0 Å². The smallest absolute Gasteiger partial charge is 0.262 e. The van der Waals surface area contributed by atoms with Crippen LogP contribution in [0, 0.1) is 25.2 Å². The van der Waals surface area contributed by atoms with Crippen LogP contribution in [0.3, 0.4) is 0 Å². The molecule has 2 aromatic rings. The Balaban J connectivity index is 1.96. The molecule has 106 valence electrons. The topological polar surface area (TPSA) is 62.1 Å². The summed E-state index contributed by atoms with van der Waals surface area (Å²) < 4.78 is 5.39. The lowest BCUT2D eigenvalue weighted by Gasteiger charge is -2.11. The first-order valence-corrected chi connectivity index (χ1v) is 6.59. The zero-order chi connectivity index (χ0) is 15.2. The number of rotatable bonds is 4. The summed E-state index contributed by atoms with van der Waals surface area (Å²) in [5, 5.41) is 11.6. The van der Waals surface area contributed by atoms with Gasteiger partial charge in [0, 0.05) is 5.69 Å². The van der Waals surface area contributed by atoms with Crippen molar-refractivity contribution in [2.75, 3.05) is 11.9 Å². The Morgan fingerprint density at radius 1 is 1.24 bits per heavy atom. The van der Waals surface area contributed by atoms with Gasteiger partial charge < -0.3 is 10.1 Å². The van der Waals surface area contributed by atoms with Gasteiger partial charge in [0.2, 0.25) is 0 Å². The first-order valence-electron chi connectivity index (χ1n) is 6.59. The number of hydrogen-bond acceptors (Lipinski definition) is 3. The van der Waals surface area contributed by atoms with Gasteiger partial charge in [0.25, 0.3) is 5.91 Å². The Morgan fingerprint density at radius 3 is 2.76 bits per heavy atom. The van der Waals surface area contributed by atoms with Crippen molar-refractivity contribution in [2.24, 2.45) is 0 Å². The van der Waals surface area contributed by atoms with E-state index in [1.54, 1.807) is 24.3 Å². The first-order chi connectivity index (χ1) is 10.1. The van der Waals surface area contributed by atoms with Crippen LogP contribution in [-0.4, -0.2) is 12.5 Å². The molecule has 0 aliphatic heterocycles. The maximum absolute atomic E-state index is 11.9. The van der Waals surface area contributed by atoms with Crippen LogP contribution in [0.15, 0.2) is 42.5 Å². The van der Waals surface area contributed by atoms with Crippen LogP contribution in [0.5, 0.6) is 5.75 Å². The van der Waals surface area contributed by atoms with Gasteiger partial charge in [0.1, 0.15) is 5.75 Å². The molecular weight excluding hydrogens is 264 g/mol. The van der Waals surface area contributed by atoms with Gasteiger partial charge in [-0.05, 0) is 49.2 Å². The largest absolute Gasteiger partial charge is 0.484 e. The minimum atomic E-state index is -0.230. The molecule has 0 atom stereocenters. The van der Waals surface area contributed by atoms with Gasteiger partial charge in [0.05, 0.1) is 11.6 Å². The fraction of sp³-hybridized carbons (Fsp3) is 0.176. The molecule has 0 radical (unpaired) electrons. The maximum Gasteiger partial charge on any atom is 0.262 e. The molecule has 1 N–H and O–H groups in total. The number of nitrogens with one attached hydrogen (secondary N) is 1. The number of carbonyl (C=O) groups excluding carboxylic acids is 1. The highest BCUT2D eigenvalue weighted by atomic mass is 16.5. The number of nitrogens with zero attached hydrogens (tertiary/aromatic N) is 1. The highest BCUT2D eigenvalue weighted by Gasteiger charge is 2.07. The molecule has 4 heteroatoms. The number of anilines is 1. The van der Waals surface area contributed by atoms with Gasteiger partial charge in [-0.1, -0.05) is 18.2 Å². The van der Waals surface area contributed by atoms with Crippen LogP contribution >= 0.6 is 0 Å². The fourth-order valence-corrected chi connectivity index (χ4v) is 1.88. The third-order valence-electron chi connectivity index (χ3n) is 3.21. The zero-order valence-corrected chi connectivity index (χ0v) is 12.0. The van der Waals surface area contributed by atoms with Crippen molar-refractivity contribution in [1.29, 1.82) is 5.26 Å². The molecule has 1 amide bonds. The molecule has 0 heterocycles. The van der Waals surface area contributed by atoms with Crippen molar-refractivity contribution < 1.29 is 9.53 Å².